The molecule has 90 heavy (non-hydrogen) atoms. The second kappa shape index (κ2) is 22.6. The molecule has 0 radical (unpaired) electrons. The van der Waals surface area contributed by atoms with Crippen LogP contribution in [0, 0.1) is 55.4 Å². The van der Waals surface area contributed by atoms with Crippen LogP contribution >= 0.6 is 0 Å². The van der Waals surface area contributed by atoms with Gasteiger partial charge in [0.15, 0.2) is 26.2 Å². The second-order valence-corrected chi connectivity index (χ2v) is 27.0. The Kier molecular flexibility index (Phi) is 14.3. The number of pyridine rings is 4. The third-order valence-electron chi connectivity index (χ3n) is 20.4. The van der Waals surface area contributed by atoms with Crippen LogP contribution in [0.2, 0.25) is 0 Å². The van der Waals surface area contributed by atoms with Gasteiger partial charge in [0, 0.05) is 91.8 Å². The molecule has 0 spiro atoms. The zero-order chi connectivity index (χ0) is 61.8. The van der Waals surface area contributed by atoms with E-state index in [0.29, 0.717) is 5.92 Å². The van der Waals surface area contributed by atoms with Crippen molar-refractivity contribution in [1.82, 2.24) is 0 Å². The van der Waals surface area contributed by atoms with Crippen LogP contribution in [-0.2, 0) is 45.4 Å². The minimum Gasteiger partial charge on any atom is -0.187 e. The van der Waals surface area contributed by atoms with E-state index in [2.05, 4.69) is 289 Å². The van der Waals surface area contributed by atoms with Gasteiger partial charge in [0.2, 0.25) is 44.8 Å². The smallest absolute Gasteiger partial charge is 0.187 e. The van der Waals surface area contributed by atoms with Crippen LogP contribution in [0.1, 0.15) is 122 Å². The van der Waals surface area contributed by atoms with Gasteiger partial charge >= 0.3 is 0 Å². The van der Waals surface area contributed by atoms with Gasteiger partial charge < -0.3 is 0 Å². The first-order valence-corrected chi connectivity index (χ1v) is 33.0. The van der Waals surface area contributed by atoms with Crippen LogP contribution in [0.4, 0.5) is 0 Å². The summed E-state index contributed by atoms with van der Waals surface area (Å²) in [5.41, 5.74) is 42.4. The van der Waals surface area contributed by atoms with E-state index in [1.54, 1.807) is 16.7 Å². The standard InChI is InChI=1S/C24H20N.2C21H22N.C20H18N/c1-16-12-17(2)22-15-25-23(21(22)13-16)11-10-19-8-9-20(14-24(19)25)18-6-4-3-5-7-18;1-13(2)17-6-5-16-7-8-20-18-10-14(3)9-15(4)19(18)12-22(20)21(16)11-17;1-4-5-16-6-7-17-8-9-20-18-11-14(2)10-15(3)19(18)13-22(20)21(17)12-16;1-12-9-13(2)17-11-21-18-6-4-3-5-14(18)10-15-7-8-16(12)19(17)20(15)21/h3-14H,15H2,1-2H3;5-11,13H,12H2,1-4H3;6-12H,4-5,13H2,1-3H3;3-6,9-10H,7-8,11H2,1-2H3/q4*+1. The number of rotatable bonds is 4. The van der Waals surface area contributed by atoms with E-state index >= 15 is 0 Å². The first-order valence-electron chi connectivity index (χ1n) is 33.0. The molecule has 4 nitrogen and oxygen atoms in total. The largest absolute Gasteiger partial charge is 0.217 e. The Hall–Kier alpha value is -9.38. The lowest BCUT2D eigenvalue weighted by Gasteiger charge is -2.18. The lowest BCUT2D eigenvalue weighted by molar-refractivity contribution is -0.646. The van der Waals surface area contributed by atoms with E-state index in [4.69, 9.17) is 0 Å². The molecule has 8 heterocycles. The van der Waals surface area contributed by atoms with Crippen LogP contribution in [0.25, 0.3) is 99.8 Å². The van der Waals surface area contributed by atoms with E-state index in [1.165, 1.54) is 191 Å². The minimum absolute atomic E-state index is 0.564. The van der Waals surface area contributed by atoms with Crippen LogP contribution in [0.3, 0.4) is 0 Å². The van der Waals surface area contributed by atoms with Crippen LogP contribution in [-0.4, -0.2) is 0 Å². The van der Waals surface area contributed by atoms with Gasteiger partial charge in [-0.15, -0.1) is 0 Å². The lowest BCUT2D eigenvalue weighted by atomic mass is 9.83. The zero-order valence-electron chi connectivity index (χ0n) is 54.5. The molecule has 0 atom stereocenters. The van der Waals surface area contributed by atoms with Crippen molar-refractivity contribution in [3.05, 3.63) is 283 Å². The highest BCUT2D eigenvalue weighted by Gasteiger charge is 2.38. The van der Waals surface area contributed by atoms with Crippen molar-refractivity contribution in [2.75, 3.05) is 0 Å². The molecule has 4 aliphatic heterocycles. The molecule has 0 unspecified atom stereocenters. The fourth-order valence-electron chi connectivity index (χ4n) is 16.0. The Balaban J connectivity index is 0.000000100. The number of hydrogen-bond donors (Lipinski definition) is 0. The molecule has 13 aromatic rings. The summed E-state index contributed by atoms with van der Waals surface area (Å²) in [6.07, 6.45) is 4.73. The average molecular weight is 1170 g/mol. The van der Waals surface area contributed by atoms with Crippen LogP contribution < -0.4 is 18.3 Å². The molecule has 9 aromatic carbocycles. The number of fused-ring (bicyclic) bond motifs is 17. The van der Waals surface area contributed by atoms with Crippen molar-refractivity contribution < 1.29 is 18.3 Å². The van der Waals surface area contributed by atoms with Gasteiger partial charge in [-0.2, -0.15) is 18.3 Å². The molecule has 0 saturated carbocycles. The first kappa shape index (κ1) is 57.1. The van der Waals surface area contributed by atoms with Crippen molar-refractivity contribution in [2.45, 2.75) is 134 Å². The molecule has 4 aromatic heterocycles. The molecule has 0 bridgehead atoms. The lowest BCUT2D eigenvalue weighted by Crippen LogP contribution is -2.35. The van der Waals surface area contributed by atoms with Gasteiger partial charge in [0.25, 0.3) is 0 Å². The van der Waals surface area contributed by atoms with Crippen molar-refractivity contribution in [3.8, 4) is 56.2 Å². The number of aryl methyl sites for hydroxylation is 10. The van der Waals surface area contributed by atoms with Gasteiger partial charge in [-0.1, -0.05) is 112 Å². The Labute approximate surface area is 532 Å². The average Bonchev–Trinajstić information content (AvgIpc) is 1.57. The molecule has 442 valence electrons. The summed E-state index contributed by atoms with van der Waals surface area (Å²) in [7, 11) is 0. The van der Waals surface area contributed by atoms with E-state index < -0.39 is 0 Å². The maximum Gasteiger partial charge on any atom is 0.217 e. The third-order valence-corrected chi connectivity index (χ3v) is 20.4. The fourth-order valence-corrected chi connectivity index (χ4v) is 16.0. The molecule has 0 saturated heterocycles. The summed E-state index contributed by atoms with van der Waals surface area (Å²) in [4.78, 5) is 0. The monoisotopic (exact) mass is 1170 g/mol. The highest BCUT2D eigenvalue weighted by Crippen LogP contribution is 2.43. The van der Waals surface area contributed by atoms with Gasteiger partial charge in [0.05, 0.1) is 22.3 Å². The van der Waals surface area contributed by atoms with Crippen molar-refractivity contribution in [3.63, 3.8) is 0 Å². The summed E-state index contributed by atoms with van der Waals surface area (Å²) in [5, 5.41) is 5.34. The number of para-hydroxylation sites is 1. The highest BCUT2D eigenvalue weighted by molar-refractivity contribution is 5.87. The third kappa shape index (κ3) is 9.82. The topological polar surface area (TPSA) is 15.5 Å². The summed E-state index contributed by atoms with van der Waals surface area (Å²) in [6.45, 7) is 28.6. The van der Waals surface area contributed by atoms with Gasteiger partial charge in [-0.25, -0.2) is 0 Å². The van der Waals surface area contributed by atoms with Crippen LogP contribution in [0.5, 0.6) is 0 Å². The van der Waals surface area contributed by atoms with Gasteiger partial charge in [0.1, 0.15) is 0 Å². The number of hydrogen-bond acceptors (Lipinski definition) is 0. The molecule has 0 N–H and O–H groups in total. The van der Waals surface area contributed by atoms with E-state index in [9.17, 15) is 0 Å². The SMILES string of the molecule is CCCc1ccc2ccc3[n+](c2c1)Cc1c(C)cc(C)cc1-3.Cc1cc(C)c2c(c1)-c1ccc3ccc(-c4ccccc4)cc3[n+]1C2.Cc1cc(C)c2c(c1)-c1ccc3ccc(C(C)C)cc3[n+]1C2.Cc1cc(C)c2c3c1CCc1cc4ccccc4[n+](c1-3)C2. The predicted octanol–water partition coefficient (Wildman–Crippen LogP) is 18.9. The van der Waals surface area contributed by atoms with Crippen LogP contribution in [0.15, 0.2) is 194 Å². The maximum atomic E-state index is 2.55. The van der Waals surface area contributed by atoms with Gasteiger partial charge in [-0.05, 0) is 220 Å². The molecule has 1 aliphatic carbocycles. The Morgan fingerprint density at radius 1 is 0.356 bits per heavy atom. The summed E-state index contributed by atoms with van der Waals surface area (Å²) < 4.78 is 9.99. The fraction of sp³-hybridized carbons (Fsp3) is 0.233. The first-order chi connectivity index (χ1) is 43.7. The minimum atomic E-state index is 0.564. The van der Waals surface area contributed by atoms with Crippen molar-refractivity contribution in [2.24, 2.45) is 0 Å². The van der Waals surface area contributed by atoms with Crippen molar-refractivity contribution in [1.29, 1.82) is 0 Å². The molecular formula is C86H82N4+4. The molecule has 18 rings (SSSR count). The predicted molar refractivity (Wildman–Crippen MR) is 374 cm³/mol. The van der Waals surface area contributed by atoms with Crippen molar-refractivity contribution >= 4 is 43.6 Å². The Morgan fingerprint density at radius 2 is 0.833 bits per heavy atom. The molecule has 0 amide bonds. The summed E-state index contributed by atoms with van der Waals surface area (Å²) >= 11 is 0. The van der Waals surface area contributed by atoms with Gasteiger partial charge in [-0.3, -0.25) is 0 Å². The quantitative estimate of drug-likeness (QED) is 0.156. The second-order valence-electron chi connectivity index (χ2n) is 27.0. The molecule has 0 fully saturated rings. The normalized spacial score (nSPS) is 13.0. The number of nitrogens with zero attached hydrogens (tertiary/aromatic N) is 4. The molecule has 4 heteroatoms. The number of benzene rings is 9. The van der Waals surface area contributed by atoms with E-state index in [-0.39, 0.29) is 0 Å². The zero-order valence-corrected chi connectivity index (χ0v) is 54.5. The Bertz CT molecular complexity index is 5140. The van der Waals surface area contributed by atoms with E-state index in [0.717, 1.165) is 32.6 Å². The summed E-state index contributed by atoms with van der Waals surface area (Å²) in [5.74, 6) is 0.564. The van der Waals surface area contributed by atoms with E-state index in [1.807, 2.05) is 0 Å². The maximum absolute atomic E-state index is 2.55. The Morgan fingerprint density at radius 3 is 1.40 bits per heavy atom. The molecular weight excluding hydrogens is 1090 g/mol. The highest BCUT2D eigenvalue weighted by atomic mass is 15.0. The molecule has 5 aliphatic rings. The number of aromatic nitrogens is 4. The summed E-state index contributed by atoms with van der Waals surface area (Å²) in [6, 6.07) is 72.4.